The van der Waals surface area contributed by atoms with E-state index in [1.54, 1.807) is 0 Å². The average Bonchev–Trinajstić information content (AvgIpc) is 2.45. The molecule has 3 heteroatoms. The van der Waals surface area contributed by atoms with E-state index >= 15 is 0 Å². The summed E-state index contributed by atoms with van der Waals surface area (Å²) >= 11 is 0. The highest BCUT2D eigenvalue weighted by Crippen LogP contribution is 2.16. The number of likely N-dealkylation sites (N-methyl/N-ethyl adjacent to an activating group) is 2. The normalized spacial score (nSPS) is 29.8. The second-order valence-corrected chi connectivity index (χ2v) is 5.02. The van der Waals surface area contributed by atoms with Crippen LogP contribution < -0.4 is 5.32 Å². The fraction of sp³-hybridized carbons (Fsp3) is 1.00. The van der Waals surface area contributed by atoms with E-state index in [9.17, 15) is 0 Å². The molecule has 1 N–H and O–H groups in total. The Hall–Kier alpha value is -0.120. The van der Waals surface area contributed by atoms with Gasteiger partial charge in [0.05, 0.1) is 0 Å². The summed E-state index contributed by atoms with van der Waals surface area (Å²) in [5.41, 5.74) is 0. The first-order valence-corrected chi connectivity index (χ1v) is 5.85. The number of hydrogen-bond acceptors (Lipinski definition) is 3. The van der Waals surface area contributed by atoms with Crippen LogP contribution in [0.3, 0.4) is 0 Å². The Morgan fingerprint density at radius 1 is 1.36 bits per heavy atom. The van der Waals surface area contributed by atoms with Crippen LogP contribution in [0.2, 0.25) is 0 Å². The summed E-state index contributed by atoms with van der Waals surface area (Å²) in [6.45, 7) is 6.28. The molecule has 0 amide bonds. The topological polar surface area (TPSA) is 18.5 Å². The van der Waals surface area contributed by atoms with E-state index in [-0.39, 0.29) is 0 Å². The molecule has 0 radical (unpaired) electrons. The Kier molecular flexibility index (Phi) is 3.42. The molecule has 1 atom stereocenters. The highest BCUT2D eigenvalue weighted by molar-refractivity contribution is 4.82. The van der Waals surface area contributed by atoms with Gasteiger partial charge in [0.2, 0.25) is 0 Å². The molecule has 82 valence electrons. The zero-order valence-electron chi connectivity index (χ0n) is 9.50. The molecule has 0 spiro atoms. The number of hydrogen-bond donors (Lipinski definition) is 1. The van der Waals surface area contributed by atoms with Gasteiger partial charge in [-0.2, -0.15) is 0 Å². The molecule has 0 aromatic heterocycles. The van der Waals surface area contributed by atoms with Crippen LogP contribution in [-0.4, -0.2) is 62.7 Å². The largest absolute Gasteiger partial charge is 0.316 e. The molecule has 0 saturated carbocycles. The lowest BCUT2D eigenvalue weighted by atomic mass is 10.0. The van der Waals surface area contributed by atoms with Gasteiger partial charge in [0.15, 0.2) is 0 Å². The number of nitrogens with one attached hydrogen (secondary N) is 1. The van der Waals surface area contributed by atoms with E-state index in [0.29, 0.717) is 0 Å². The molecule has 0 aromatic rings. The lowest BCUT2D eigenvalue weighted by molar-refractivity contribution is 0.177. The number of rotatable bonds is 4. The maximum absolute atomic E-state index is 3.33. The van der Waals surface area contributed by atoms with Crippen LogP contribution in [0, 0.1) is 5.92 Å². The fourth-order valence-corrected chi connectivity index (χ4v) is 2.56. The molecule has 0 aliphatic carbocycles. The third kappa shape index (κ3) is 2.47. The van der Waals surface area contributed by atoms with Crippen LogP contribution in [0.4, 0.5) is 0 Å². The van der Waals surface area contributed by atoms with Crippen molar-refractivity contribution in [2.75, 3.05) is 46.8 Å². The molecular formula is C11H23N3. The predicted octanol–water partition coefficient (Wildman–Crippen LogP) is 0.232. The maximum atomic E-state index is 3.33. The molecular weight excluding hydrogens is 174 g/mol. The third-order valence-corrected chi connectivity index (χ3v) is 3.63. The molecule has 3 nitrogen and oxygen atoms in total. The monoisotopic (exact) mass is 197 g/mol. The van der Waals surface area contributed by atoms with E-state index in [2.05, 4.69) is 29.2 Å². The van der Waals surface area contributed by atoms with Crippen molar-refractivity contribution in [1.29, 1.82) is 0 Å². The Bertz CT molecular complexity index is 179. The van der Waals surface area contributed by atoms with Gasteiger partial charge >= 0.3 is 0 Å². The quantitative estimate of drug-likeness (QED) is 0.696. The zero-order valence-corrected chi connectivity index (χ0v) is 9.50. The highest BCUT2D eigenvalue weighted by Gasteiger charge is 2.24. The molecule has 1 unspecified atom stereocenters. The van der Waals surface area contributed by atoms with E-state index in [1.165, 1.54) is 45.6 Å². The lowest BCUT2D eigenvalue weighted by Gasteiger charge is -2.33. The summed E-state index contributed by atoms with van der Waals surface area (Å²) < 4.78 is 0. The van der Waals surface area contributed by atoms with Crippen LogP contribution >= 0.6 is 0 Å². The van der Waals surface area contributed by atoms with Gasteiger partial charge in [-0.25, -0.2) is 0 Å². The van der Waals surface area contributed by atoms with E-state index in [4.69, 9.17) is 0 Å². The Labute approximate surface area is 87.4 Å². The Balaban J connectivity index is 1.67. The molecule has 0 aromatic carbocycles. The third-order valence-electron chi connectivity index (χ3n) is 3.63. The molecule has 2 fully saturated rings. The zero-order chi connectivity index (χ0) is 9.97. The lowest BCUT2D eigenvalue weighted by Crippen LogP contribution is -2.49. The van der Waals surface area contributed by atoms with E-state index < -0.39 is 0 Å². The van der Waals surface area contributed by atoms with Gasteiger partial charge in [-0.3, -0.25) is 0 Å². The van der Waals surface area contributed by atoms with Gasteiger partial charge in [-0.1, -0.05) is 0 Å². The van der Waals surface area contributed by atoms with Crippen LogP contribution in [0.15, 0.2) is 0 Å². The van der Waals surface area contributed by atoms with Crippen molar-refractivity contribution in [3.63, 3.8) is 0 Å². The van der Waals surface area contributed by atoms with Gasteiger partial charge in [-0.05, 0) is 39.4 Å². The first-order chi connectivity index (χ1) is 6.75. The van der Waals surface area contributed by atoms with Crippen molar-refractivity contribution < 1.29 is 0 Å². The van der Waals surface area contributed by atoms with Crippen molar-refractivity contribution in [2.24, 2.45) is 5.92 Å². The molecule has 2 heterocycles. The van der Waals surface area contributed by atoms with Crippen LogP contribution in [0.25, 0.3) is 0 Å². The average molecular weight is 197 g/mol. The van der Waals surface area contributed by atoms with Crippen molar-refractivity contribution in [1.82, 2.24) is 15.1 Å². The Morgan fingerprint density at radius 3 is 2.64 bits per heavy atom. The van der Waals surface area contributed by atoms with Crippen molar-refractivity contribution in [3.05, 3.63) is 0 Å². The van der Waals surface area contributed by atoms with Gasteiger partial charge in [-0.15, -0.1) is 0 Å². The van der Waals surface area contributed by atoms with Crippen molar-refractivity contribution in [3.8, 4) is 0 Å². The first kappa shape index (κ1) is 10.4. The molecule has 2 saturated heterocycles. The van der Waals surface area contributed by atoms with Crippen molar-refractivity contribution >= 4 is 0 Å². The smallest absolute Gasteiger partial charge is 0.0220 e. The maximum Gasteiger partial charge on any atom is 0.0220 e. The van der Waals surface area contributed by atoms with Crippen LogP contribution in [-0.2, 0) is 0 Å². The SMILES string of the molecule is CN(CC1CNC1)CC1CCCN1C. The summed E-state index contributed by atoms with van der Waals surface area (Å²) in [5, 5.41) is 3.33. The molecule has 2 aliphatic rings. The standard InChI is InChI=1S/C11H23N3/c1-13(8-10-6-12-7-10)9-11-4-3-5-14(11)2/h10-12H,3-9H2,1-2H3. The van der Waals surface area contributed by atoms with Gasteiger partial charge in [0.25, 0.3) is 0 Å². The minimum atomic E-state index is 0.813. The van der Waals surface area contributed by atoms with Gasteiger partial charge in [0, 0.05) is 32.2 Å². The number of likely N-dealkylation sites (tertiary alicyclic amines) is 1. The van der Waals surface area contributed by atoms with Crippen molar-refractivity contribution in [2.45, 2.75) is 18.9 Å². The summed E-state index contributed by atoms with van der Waals surface area (Å²) in [6.07, 6.45) is 2.78. The van der Waals surface area contributed by atoms with E-state index in [0.717, 1.165) is 12.0 Å². The van der Waals surface area contributed by atoms with Crippen LogP contribution in [0.1, 0.15) is 12.8 Å². The minimum Gasteiger partial charge on any atom is -0.316 e. The molecule has 2 aliphatic heterocycles. The summed E-state index contributed by atoms with van der Waals surface area (Å²) in [5.74, 6) is 0.909. The predicted molar refractivity (Wildman–Crippen MR) is 59.5 cm³/mol. The fourth-order valence-electron chi connectivity index (χ4n) is 2.56. The molecule has 14 heavy (non-hydrogen) atoms. The van der Waals surface area contributed by atoms with E-state index in [1.807, 2.05) is 0 Å². The van der Waals surface area contributed by atoms with Gasteiger partial charge in [0.1, 0.15) is 0 Å². The molecule has 0 bridgehead atoms. The summed E-state index contributed by atoms with van der Waals surface area (Å²) in [4.78, 5) is 5.02. The first-order valence-electron chi connectivity index (χ1n) is 5.85. The number of nitrogens with zero attached hydrogens (tertiary/aromatic N) is 2. The highest BCUT2D eigenvalue weighted by atomic mass is 15.2. The van der Waals surface area contributed by atoms with Crippen LogP contribution in [0.5, 0.6) is 0 Å². The summed E-state index contributed by atoms with van der Waals surface area (Å²) in [7, 11) is 4.53. The summed E-state index contributed by atoms with van der Waals surface area (Å²) in [6, 6.07) is 0.813. The van der Waals surface area contributed by atoms with Gasteiger partial charge < -0.3 is 15.1 Å². The molecule has 2 rings (SSSR count). The minimum absolute atomic E-state index is 0.813. The Morgan fingerprint density at radius 2 is 2.14 bits per heavy atom. The second kappa shape index (κ2) is 4.60. The second-order valence-electron chi connectivity index (χ2n) is 5.02.